The Kier molecular flexibility index (Phi) is 6.26. The highest BCUT2D eigenvalue weighted by Gasteiger charge is 2.41. The van der Waals surface area contributed by atoms with Crippen molar-refractivity contribution in [2.75, 3.05) is 0 Å². The number of aliphatic hydroxyl groups excluding tert-OH is 1. The van der Waals surface area contributed by atoms with Crippen LogP contribution >= 0.6 is 0 Å². The zero-order valence-corrected chi connectivity index (χ0v) is 16.8. The predicted octanol–water partition coefficient (Wildman–Crippen LogP) is 4.61. The second-order valence-corrected chi connectivity index (χ2v) is 12.9. The molecule has 1 aromatic carbocycles. The van der Waals surface area contributed by atoms with Crippen molar-refractivity contribution in [2.24, 2.45) is 0 Å². The molecule has 1 aliphatic heterocycles. The molecule has 1 aliphatic rings. The Morgan fingerprint density at radius 1 is 1.17 bits per heavy atom. The minimum atomic E-state index is -1.88. The Balaban J connectivity index is 1.98. The maximum Gasteiger partial charge on any atom is 0.192 e. The summed E-state index contributed by atoms with van der Waals surface area (Å²) in [6.07, 6.45) is -0.231. The summed E-state index contributed by atoms with van der Waals surface area (Å²) in [5.74, 6) is 0. The van der Waals surface area contributed by atoms with Gasteiger partial charge in [0.05, 0.1) is 12.2 Å². The van der Waals surface area contributed by atoms with E-state index in [9.17, 15) is 5.11 Å². The van der Waals surface area contributed by atoms with Gasteiger partial charge in [0.15, 0.2) is 20.9 Å². The lowest BCUT2D eigenvalue weighted by Crippen LogP contribution is -2.48. The summed E-state index contributed by atoms with van der Waals surface area (Å²) in [6.45, 7) is 13.1. The monoisotopic (exact) mass is 352 g/mol. The Labute approximate surface area is 147 Å². The molecule has 1 fully saturated rings. The summed E-state index contributed by atoms with van der Waals surface area (Å²) in [4.78, 5) is 0. The third kappa shape index (κ3) is 5.13. The number of hydrogen-bond donors (Lipinski definition) is 1. The zero-order chi connectivity index (χ0) is 18.0. The fourth-order valence-electron chi connectivity index (χ4n) is 2.63. The van der Waals surface area contributed by atoms with Gasteiger partial charge in [-0.05, 0) is 30.6 Å². The van der Waals surface area contributed by atoms with Gasteiger partial charge in [0.1, 0.15) is 0 Å². The quantitative estimate of drug-likeness (QED) is 0.786. The molecule has 0 bridgehead atoms. The Hall–Kier alpha value is -0.723. The molecule has 0 saturated carbocycles. The van der Waals surface area contributed by atoms with Crippen molar-refractivity contribution in [1.82, 2.24) is 0 Å². The highest BCUT2D eigenvalue weighted by atomic mass is 28.4. The van der Waals surface area contributed by atoms with Gasteiger partial charge in [0, 0.05) is 12.8 Å². The van der Waals surface area contributed by atoms with Crippen LogP contribution < -0.4 is 0 Å². The summed E-state index contributed by atoms with van der Waals surface area (Å²) >= 11 is 0. The van der Waals surface area contributed by atoms with E-state index in [0.29, 0.717) is 12.8 Å². The molecular formula is C19H32O4Si. The Morgan fingerprint density at radius 3 is 2.38 bits per heavy atom. The number of ether oxygens (including phenoxy) is 2. The van der Waals surface area contributed by atoms with E-state index < -0.39 is 20.9 Å². The van der Waals surface area contributed by atoms with Crippen molar-refractivity contribution in [3.8, 4) is 0 Å². The van der Waals surface area contributed by atoms with E-state index in [-0.39, 0.29) is 17.2 Å². The van der Waals surface area contributed by atoms with Gasteiger partial charge in [-0.25, -0.2) is 0 Å². The summed E-state index contributed by atoms with van der Waals surface area (Å²) in [5, 5.41) is 10.2. The molecule has 4 nitrogen and oxygen atoms in total. The molecule has 1 saturated heterocycles. The standard InChI is InChI=1S/C19H32O4Si/c1-14(15-10-8-7-9-11-15)21-18-13-16(12-17(20)22-18)23-24(5,6)19(2,3)4/h7-11,14,16-18,20H,12-13H2,1-6H3/t14-,16+,17?,18+/m1/s1. The molecule has 1 aromatic rings. The van der Waals surface area contributed by atoms with Crippen molar-refractivity contribution in [2.45, 2.75) is 83.5 Å². The van der Waals surface area contributed by atoms with E-state index in [0.717, 1.165) is 5.56 Å². The van der Waals surface area contributed by atoms with Gasteiger partial charge in [0.2, 0.25) is 0 Å². The first-order valence-corrected chi connectivity index (χ1v) is 11.7. The van der Waals surface area contributed by atoms with E-state index in [1.54, 1.807) is 0 Å². The highest BCUT2D eigenvalue weighted by molar-refractivity contribution is 6.74. The van der Waals surface area contributed by atoms with Crippen LogP contribution in [0.4, 0.5) is 0 Å². The molecule has 2 rings (SSSR count). The van der Waals surface area contributed by atoms with E-state index in [1.165, 1.54) is 0 Å². The molecule has 4 atom stereocenters. The van der Waals surface area contributed by atoms with Crippen LogP contribution in [0.5, 0.6) is 0 Å². The summed E-state index contributed by atoms with van der Waals surface area (Å²) < 4.78 is 18.1. The van der Waals surface area contributed by atoms with Gasteiger partial charge in [-0.1, -0.05) is 51.1 Å². The van der Waals surface area contributed by atoms with E-state index >= 15 is 0 Å². The maximum atomic E-state index is 10.1. The van der Waals surface area contributed by atoms with Crippen molar-refractivity contribution < 1.29 is 19.0 Å². The number of benzene rings is 1. The molecule has 1 unspecified atom stereocenters. The predicted molar refractivity (Wildman–Crippen MR) is 98.1 cm³/mol. The lowest BCUT2D eigenvalue weighted by molar-refractivity contribution is -0.279. The molecule has 5 heteroatoms. The van der Waals surface area contributed by atoms with Crippen LogP contribution in [0, 0.1) is 0 Å². The number of aliphatic hydroxyl groups is 1. The molecule has 1 N–H and O–H groups in total. The van der Waals surface area contributed by atoms with Gasteiger partial charge in [-0.2, -0.15) is 0 Å². The lowest BCUT2D eigenvalue weighted by Gasteiger charge is -2.42. The van der Waals surface area contributed by atoms with E-state index in [4.69, 9.17) is 13.9 Å². The van der Waals surface area contributed by atoms with Crippen LogP contribution in [0.15, 0.2) is 30.3 Å². The molecule has 1 heterocycles. The molecule has 0 aromatic heterocycles. The first-order chi connectivity index (χ1) is 11.1. The summed E-state index contributed by atoms with van der Waals surface area (Å²) in [6, 6.07) is 10.0. The van der Waals surface area contributed by atoms with Crippen LogP contribution in [-0.4, -0.2) is 32.1 Å². The third-order valence-electron chi connectivity index (χ3n) is 5.12. The molecule has 0 radical (unpaired) electrons. The van der Waals surface area contributed by atoms with Gasteiger partial charge in [-0.15, -0.1) is 0 Å². The average molecular weight is 353 g/mol. The fraction of sp³-hybridized carbons (Fsp3) is 0.684. The minimum absolute atomic E-state index is 0.0254. The van der Waals surface area contributed by atoms with Crippen LogP contribution in [0.1, 0.15) is 52.2 Å². The topological polar surface area (TPSA) is 47.9 Å². The van der Waals surface area contributed by atoms with Gasteiger partial charge < -0.3 is 19.0 Å². The molecule has 0 aliphatic carbocycles. The van der Waals surface area contributed by atoms with Gasteiger partial charge >= 0.3 is 0 Å². The molecule has 0 spiro atoms. The fourth-order valence-corrected chi connectivity index (χ4v) is 4.01. The van der Waals surface area contributed by atoms with Crippen molar-refractivity contribution in [3.05, 3.63) is 35.9 Å². The van der Waals surface area contributed by atoms with Crippen LogP contribution in [0.2, 0.25) is 18.1 Å². The maximum absolute atomic E-state index is 10.1. The van der Waals surface area contributed by atoms with Gasteiger partial charge in [0.25, 0.3) is 0 Å². The molecule has 0 amide bonds. The van der Waals surface area contributed by atoms with Crippen molar-refractivity contribution >= 4 is 8.32 Å². The van der Waals surface area contributed by atoms with E-state index in [1.807, 2.05) is 37.3 Å². The Morgan fingerprint density at radius 2 is 1.79 bits per heavy atom. The largest absolute Gasteiger partial charge is 0.414 e. The zero-order valence-electron chi connectivity index (χ0n) is 15.8. The van der Waals surface area contributed by atoms with Crippen LogP contribution in [0.3, 0.4) is 0 Å². The third-order valence-corrected chi connectivity index (χ3v) is 9.66. The van der Waals surface area contributed by atoms with Crippen LogP contribution in [0.25, 0.3) is 0 Å². The van der Waals surface area contributed by atoms with Crippen molar-refractivity contribution in [1.29, 1.82) is 0 Å². The number of rotatable bonds is 5. The average Bonchev–Trinajstić information content (AvgIpc) is 2.45. The van der Waals surface area contributed by atoms with Crippen molar-refractivity contribution in [3.63, 3.8) is 0 Å². The second kappa shape index (κ2) is 7.66. The summed E-state index contributed by atoms with van der Waals surface area (Å²) in [7, 11) is -1.88. The second-order valence-electron chi connectivity index (χ2n) is 8.18. The van der Waals surface area contributed by atoms with Gasteiger partial charge in [-0.3, -0.25) is 0 Å². The summed E-state index contributed by atoms with van der Waals surface area (Å²) in [5.41, 5.74) is 1.10. The van der Waals surface area contributed by atoms with Crippen LogP contribution in [-0.2, 0) is 13.9 Å². The molecule has 24 heavy (non-hydrogen) atoms. The SMILES string of the molecule is C[C@@H](O[C@@H]1C[C@@H](O[Si](C)(C)C(C)(C)C)CC(O)O1)c1ccccc1. The highest BCUT2D eigenvalue weighted by Crippen LogP contribution is 2.39. The molecular weight excluding hydrogens is 320 g/mol. The Bertz CT molecular complexity index is 512. The first-order valence-electron chi connectivity index (χ1n) is 8.80. The minimum Gasteiger partial charge on any atom is -0.414 e. The van der Waals surface area contributed by atoms with E-state index in [2.05, 4.69) is 33.9 Å². The first kappa shape index (κ1) is 19.6. The smallest absolute Gasteiger partial charge is 0.192 e. The molecule has 136 valence electrons. The normalized spacial score (nSPS) is 27.0. The number of hydrogen-bond acceptors (Lipinski definition) is 4. The lowest BCUT2D eigenvalue weighted by atomic mass is 10.1.